The summed E-state index contributed by atoms with van der Waals surface area (Å²) in [5.74, 6) is -1.56. The van der Waals surface area contributed by atoms with Crippen molar-refractivity contribution in [1.82, 2.24) is 16.2 Å². The molecule has 2 atom stereocenters. The van der Waals surface area contributed by atoms with Gasteiger partial charge < -0.3 is 9.73 Å². The topological polar surface area (TPSA) is 100 Å². The van der Waals surface area contributed by atoms with Crippen LogP contribution >= 0.6 is 11.6 Å². The summed E-state index contributed by atoms with van der Waals surface area (Å²) >= 11 is 5.86. The fraction of sp³-hybridized carbons (Fsp3) is 0.261. The van der Waals surface area contributed by atoms with Crippen molar-refractivity contribution < 1.29 is 18.8 Å². The Morgan fingerprint density at radius 2 is 1.68 bits per heavy atom. The van der Waals surface area contributed by atoms with Crippen molar-refractivity contribution in [1.29, 1.82) is 0 Å². The number of para-hydroxylation sites is 1. The number of hydrogen-bond donors (Lipinski definition) is 3. The van der Waals surface area contributed by atoms with Gasteiger partial charge in [-0.2, -0.15) is 0 Å². The lowest BCUT2D eigenvalue weighted by molar-refractivity contribution is -0.124. The van der Waals surface area contributed by atoms with Crippen LogP contribution in [0, 0.1) is 12.8 Å². The van der Waals surface area contributed by atoms with Crippen LogP contribution in [0.4, 0.5) is 0 Å². The molecule has 7 nitrogen and oxygen atoms in total. The smallest absolute Gasteiger partial charge is 0.305 e. The molecule has 162 valence electrons. The number of rotatable bonds is 6. The summed E-state index contributed by atoms with van der Waals surface area (Å²) in [6, 6.07) is 12.8. The van der Waals surface area contributed by atoms with Crippen LogP contribution in [0.15, 0.2) is 52.9 Å². The third-order valence-corrected chi connectivity index (χ3v) is 5.49. The predicted molar refractivity (Wildman–Crippen MR) is 119 cm³/mol. The molecule has 3 amide bonds. The molecule has 3 rings (SSSR count). The largest absolute Gasteiger partial charge is 0.451 e. The van der Waals surface area contributed by atoms with Crippen molar-refractivity contribution in [3.8, 4) is 0 Å². The summed E-state index contributed by atoms with van der Waals surface area (Å²) < 4.78 is 5.61. The predicted octanol–water partition coefficient (Wildman–Crippen LogP) is 4.00. The van der Waals surface area contributed by atoms with Gasteiger partial charge in [0.15, 0.2) is 5.76 Å². The average molecular weight is 442 g/mol. The lowest BCUT2D eigenvalue weighted by Crippen LogP contribution is -2.54. The van der Waals surface area contributed by atoms with Gasteiger partial charge in [-0.3, -0.25) is 25.2 Å². The summed E-state index contributed by atoms with van der Waals surface area (Å²) in [4.78, 5) is 37.9. The molecule has 0 saturated heterocycles. The maximum absolute atomic E-state index is 12.8. The van der Waals surface area contributed by atoms with Gasteiger partial charge in [0.05, 0.1) is 0 Å². The number of aryl methyl sites for hydroxylation is 1. The van der Waals surface area contributed by atoms with Crippen molar-refractivity contribution >= 4 is 40.3 Å². The summed E-state index contributed by atoms with van der Waals surface area (Å²) in [5.41, 5.74) is 6.43. The standard InChI is InChI=1S/C23H24ClN3O4/c1-4-13(2)19(25-21(28)15-9-11-16(24)12-10-15)22(29)26-27-23(30)20-14(3)17-7-5-6-8-18(17)31-20/h5-13,19H,4H2,1-3H3,(H,25,28)(H,26,29)(H,27,30)/t13-,19-/m0/s1. The van der Waals surface area contributed by atoms with Gasteiger partial charge in [0, 0.05) is 21.5 Å². The highest BCUT2D eigenvalue weighted by Crippen LogP contribution is 2.24. The fourth-order valence-corrected chi connectivity index (χ4v) is 3.30. The minimum Gasteiger partial charge on any atom is -0.451 e. The number of nitrogens with one attached hydrogen (secondary N) is 3. The van der Waals surface area contributed by atoms with Gasteiger partial charge in [-0.15, -0.1) is 0 Å². The Morgan fingerprint density at radius 1 is 1.00 bits per heavy atom. The zero-order chi connectivity index (χ0) is 22.5. The third kappa shape index (κ3) is 5.06. The second kappa shape index (κ2) is 9.66. The molecule has 8 heteroatoms. The fourth-order valence-electron chi connectivity index (χ4n) is 3.17. The van der Waals surface area contributed by atoms with Gasteiger partial charge in [-0.25, -0.2) is 0 Å². The van der Waals surface area contributed by atoms with E-state index in [0.29, 0.717) is 28.2 Å². The van der Waals surface area contributed by atoms with Gasteiger partial charge in [0.2, 0.25) is 0 Å². The summed E-state index contributed by atoms with van der Waals surface area (Å²) in [5, 5.41) is 4.07. The van der Waals surface area contributed by atoms with Crippen molar-refractivity contribution in [2.24, 2.45) is 5.92 Å². The molecule has 2 aromatic carbocycles. The molecule has 1 heterocycles. The Kier molecular flexibility index (Phi) is 6.97. The molecule has 0 radical (unpaired) electrons. The van der Waals surface area contributed by atoms with Crippen LogP contribution in [0.1, 0.15) is 46.7 Å². The van der Waals surface area contributed by atoms with E-state index in [-0.39, 0.29) is 11.7 Å². The number of carbonyl (C=O) groups is 3. The van der Waals surface area contributed by atoms with Gasteiger partial charge in [-0.1, -0.05) is 50.1 Å². The van der Waals surface area contributed by atoms with Gasteiger partial charge in [0.1, 0.15) is 11.6 Å². The highest BCUT2D eigenvalue weighted by Gasteiger charge is 2.27. The zero-order valence-electron chi connectivity index (χ0n) is 17.5. The van der Waals surface area contributed by atoms with E-state index in [2.05, 4.69) is 16.2 Å². The number of benzene rings is 2. The molecule has 1 aromatic heterocycles. The molecule has 3 aromatic rings. The number of halogens is 1. The third-order valence-electron chi connectivity index (χ3n) is 5.24. The highest BCUT2D eigenvalue weighted by atomic mass is 35.5. The van der Waals surface area contributed by atoms with E-state index in [9.17, 15) is 14.4 Å². The van der Waals surface area contributed by atoms with Gasteiger partial charge in [0.25, 0.3) is 11.8 Å². The molecule has 0 aliphatic carbocycles. The number of amides is 3. The zero-order valence-corrected chi connectivity index (χ0v) is 18.2. The van der Waals surface area contributed by atoms with E-state index >= 15 is 0 Å². The molecule has 3 N–H and O–H groups in total. The first-order valence-corrected chi connectivity index (χ1v) is 10.3. The van der Waals surface area contributed by atoms with E-state index in [1.54, 1.807) is 37.3 Å². The summed E-state index contributed by atoms with van der Waals surface area (Å²) in [7, 11) is 0. The molecule has 0 spiro atoms. The quantitative estimate of drug-likeness (QED) is 0.503. The molecule has 0 saturated carbocycles. The minimum absolute atomic E-state index is 0.117. The van der Waals surface area contributed by atoms with Gasteiger partial charge in [-0.05, 0) is 43.2 Å². The molecular formula is C23H24ClN3O4. The van der Waals surface area contributed by atoms with Crippen LogP contribution in [-0.4, -0.2) is 23.8 Å². The van der Waals surface area contributed by atoms with Crippen LogP contribution in [0.5, 0.6) is 0 Å². The summed E-state index contributed by atoms with van der Waals surface area (Å²) in [6.45, 7) is 5.53. The van der Waals surface area contributed by atoms with Crippen molar-refractivity contribution in [3.63, 3.8) is 0 Å². The Bertz CT molecular complexity index is 1110. The van der Waals surface area contributed by atoms with Crippen molar-refractivity contribution in [2.75, 3.05) is 0 Å². The number of furan rings is 1. The summed E-state index contributed by atoms with van der Waals surface area (Å²) in [6.07, 6.45) is 0.648. The minimum atomic E-state index is -0.842. The Hall–Kier alpha value is -3.32. The van der Waals surface area contributed by atoms with Crippen LogP contribution in [0.2, 0.25) is 5.02 Å². The Morgan fingerprint density at radius 3 is 2.32 bits per heavy atom. The molecule has 31 heavy (non-hydrogen) atoms. The number of fused-ring (bicyclic) bond motifs is 1. The van der Waals surface area contributed by atoms with E-state index in [1.807, 2.05) is 32.0 Å². The Labute approximate surface area is 185 Å². The van der Waals surface area contributed by atoms with E-state index in [0.717, 1.165) is 5.39 Å². The molecule has 0 aliphatic heterocycles. The maximum atomic E-state index is 12.8. The molecule has 0 bridgehead atoms. The molecule has 0 fully saturated rings. The van der Waals surface area contributed by atoms with Crippen LogP contribution in [-0.2, 0) is 4.79 Å². The molecule has 0 aliphatic rings. The SMILES string of the molecule is CC[C@H](C)[C@H](NC(=O)c1ccc(Cl)cc1)C(=O)NNC(=O)c1oc2ccccc2c1C. The maximum Gasteiger partial charge on any atom is 0.305 e. The van der Waals surface area contributed by atoms with Crippen LogP contribution in [0.3, 0.4) is 0 Å². The van der Waals surface area contributed by atoms with Crippen LogP contribution < -0.4 is 16.2 Å². The number of carbonyl (C=O) groups excluding carboxylic acids is 3. The van der Waals surface area contributed by atoms with Gasteiger partial charge >= 0.3 is 5.91 Å². The average Bonchev–Trinajstić information content (AvgIpc) is 3.12. The highest BCUT2D eigenvalue weighted by molar-refractivity contribution is 6.30. The van der Waals surface area contributed by atoms with Crippen LogP contribution in [0.25, 0.3) is 11.0 Å². The van der Waals surface area contributed by atoms with Crippen molar-refractivity contribution in [2.45, 2.75) is 33.2 Å². The lowest BCUT2D eigenvalue weighted by Gasteiger charge is -2.23. The Balaban J connectivity index is 1.68. The number of hydrazine groups is 1. The first-order valence-electron chi connectivity index (χ1n) is 9.96. The van der Waals surface area contributed by atoms with E-state index in [1.165, 1.54) is 0 Å². The molecular weight excluding hydrogens is 418 g/mol. The molecule has 0 unspecified atom stereocenters. The van der Waals surface area contributed by atoms with E-state index < -0.39 is 23.8 Å². The lowest BCUT2D eigenvalue weighted by atomic mass is 9.98. The van der Waals surface area contributed by atoms with Crippen molar-refractivity contribution in [3.05, 3.63) is 70.4 Å². The monoisotopic (exact) mass is 441 g/mol. The first kappa shape index (κ1) is 22.4. The normalized spacial score (nSPS) is 12.8. The number of hydrogen-bond acceptors (Lipinski definition) is 4. The van der Waals surface area contributed by atoms with E-state index in [4.69, 9.17) is 16.0 Å². The first-order chi connectivity index (χ1) is 14.8. The second-order valence-corrected chi connectivity index (χ2v) is 7.78. The second-order valence-electron chi connectivity index (χ2n) is 7.34.